The van der Waals surface area contributed by atoms with Gasteiger partial charge in [0.1, 0.15) is 0 Å². The summed E-state index contributed by atoms with van der Waals surface area (Å²) in [6, 6.07) is 0. The predicted molar refractivity (Wildman–Crippen MR) is 126 cm³/mol. The summed E-state index contributed by atoms with van der Waals surface area (Å²) in [4.78, 5) is 0. The largest absolute Gasteiger partial charge is 0.393 e. The molecule has 0 radical (unpaired) electrons. The molecule has 0 aromatic heterocycles. The van der Waals surface area contributed by atoms with E-state index in [2.05, 4.69) is 32.9 Å². The lowest BCUT2D eigenvalue weighted by Gasteiger charge is -2.66. The van der Waals surface area contributed by atoms with Crippen molar-refractivity contribution in [2.45, 2.75) is 109 Å². The Kier molecular flexibility index (Phi) is 6.64. The highest BCUT2D eigenvalue weighted by Gasteiger charge is 2.71. The molecule has 0 spiro atoms. The molecular formula is C27H46O6. The maximum absolute atomic E-state index is 12.3. The highest BCUT2D eigenvalue weighted by atomic mass is 16.3. The van der Waals surface area contributed by atoms with Gasteiger partial charge < -0.3 is 30.6 Å². The summed E-state index contributed by atoms with van der Waals surface area (Å²) in [6.45, 7) is 10.2. The van der Waals surface area contributed by atoms with E-state index in [0.29, 0.717) is 19.3 Å². The molecule has 4 aliphatic rings. The molecule has 6 N–H and O–H groups in total. The quantitative estimate of drug-likeness (QED) is 0.354. The van der Waals surface area contributed by atoms with E-state index in [1.54, 1.807) is 6.92 Å². The minimum absolute atomic E-state index is 0.0563. The molecule has 6 heteroatoms. The first-order valence-corrected chi connectivity index (χ1v) is 13.1. The molecule has 4 fully saturated rings. The molecule has 0 saturated heterocycles. The van der Waals surface area contributed by atoms with E-state index in [4.69, 9.17) is 0 Å². The third-order valence-corrected chi connectivity index (χ3v) is 10.9. The predicted octanol–water partition coefficient (Wildman–Crippen LogP) is 2.24. The maximum Gasteiger partial charge on any atom is 0.0857 e. The summed E-state index contributed by atoms with van der Waals surface area (Å²) in [5, 5.41) is 65.7. The van der Waals surface area contributed by atoms with Crippen LogP contribution in [0.3, 0.4) is 0 Å². The Hall–Kier alpha value is -0.500. The summed E-state index contributed by atoms with van der Waals surface area (Å²) < 4.78 is 0. The highest BCUT2D eigenvalue weighted by Crippen LogP contribution is 2.69. The fourth-order valence-electron chi connectivity index (χ4n) is 9.09. The molecule has 33 heavy (non-hydrogen) atoms. The molecule has 0 heterocycles. The van der Waals surface area contributed by atoms with E-state index < -0.39 is 47.5 Å². The van der Waals surface area contributed by atoms with Crippen LogP contribution in [0.25, 0.3) is 0 Å². The number of allylic oxidation sites excluding steroid dienone is 1. The van der Waals surface area contributed by atoms with Gasteiger partial charge >= 0.3 is 0 Å². The lowest BCUT2D eigenvalue weighted by molar-refractivity contribution is -0.280. The van der Waals surface area contributed by atoms with Crippen LogP contribution in [0.5, 0.6) is 0 Å². The second-order valence-electron chi connectivity index (χ2n) is 12.7. The van der Waals surface area contributed by atoms with Crippen LogP contribution >= 0.6 is 0 Å². The lowest BCUT2D eigenvalue weighted by Crippen LogP contribution is -2.70. The van der Waals surface area contributed by atoms with Gasteiger partial charge in [0.2, 0.25) is 0 Å². The van der Waals surface area contributed by atoms with Gasteiger partial charge in [-0.25, -0.2) is 0 Å². The van der Waals surface area contributed by atoms with Crippen LogP contribution in [0.4, 0.5) is 0 Å². The van der Waals surface area contributed by atoms with E-state index in [0.717, 1.165) is 12.8 Å². The second kappa shape index (κ2) is 8.56. The van der Waals surface area contributed by atoms with Gasteiger partial charge in [-0.2, -0.15) is 0 Å². The van der Waals surface area contributed by atoms with Crippen LogP contribution < -0.4 is 0 Å². The first kappa shape index (κ1) is 25.6. The lowest BCUT2D eigenvalue weighted by atomic mass is 9.41. The van der Waals surface area contributed by atoms with Crippen molar-refractivity contribution in [1.82, 2.24) is 0 Å². The molecule has 4 rings (SSSR count). The summed E-state index contributed by atoms with van der Waals surface area (Å²) in [5.41, 5.74) is -1.95. The number of hydrogen-bond acceptors (Lipinski definition) is 6. The average molecular weight is 467 g/mol. The van der Waals surface area contributed by atoms with Crippen molar-refractivity contribution in [3.05, 3.63) is 12.2 Å². The monoisotopic (exact) mass is 466 g/mol. The molecule has 3 unspecified atom stereocenters. The second-order valence-corrected chi connectivity index (χ2v) is 12.7. The SMILES string of the molecule is CC(/C=C/[C@@H](C)[C@H]1C[C@@H](O)C2[C@]1(C)CC[C@@H]1[C@@]3(C)CC[C@H](O)[C@H](O)C3[C@@H](O)C[C@@]21O)[C@@H](C)O. The van der Waals surface area contributed by atoms with Crippen molar-refractivity contribution in [2.75, 3.05) is 0 Å². The van der Waals surface area contributed by atoms with Gasteiger partial charge in [0.25, 0.3) is 0 Å². The van der Waals surface area contributed by atoms with Gasteiger partial charge in [-0.05, 0) is 73.5 Å². The van der Waals surface area contributed by atoms with Crippen molar-refractivity contribution in [3.63, 3.8) is 0 Å². The molecular weight excluding hydrogens is 420 g/mol. The van der Waals surface area contributed by atoms with Crippen LogP contribution in [0.1, 0.15) is 73.1 Å². The zero-order valence-corrected chi connectivity index (χ0v) is 20.9. The van der Waals surface area contributed by atoms with Crippen LogP contribution in [0, 0.1) is 46.3 Å². The van der Waals surface area contributed by atoms with E-state index in [1.165, 1.54) is 0 Å². The van der Waals surface area contributed by atoms with Crippen molar-refractivity contribution in [1.29, 1.82) is 0 Å². The third kappa shape index (κ3) is 3.75. The number of rotatable bonds is 4. The van der Waals surface area contributed by atoms with Gasteiger partial charge in [0.05, 0.1) is 36.1 Å². The Morgan fingerprint density at radius 3 is 2.12 bits per heavy atom. The van der Waals surface area contributed by atoms with Gasteiger partial charge in [0, 0.05) is 18.3 Å². The van der Waals surface area contributed by atoms with Gasteiger partial charge in [-0.3, -0.25) is 0 Å². The molecule has 6 nitrogen and oxygen atoms in total. The summed E-state index contributed by atoms with van der Waals surface area (Å²) in [7, 11) is 0. The summed E-state index contributed by atoms with van der Waals surface area (Å²) >= 11 is 0. The number of aliphatic hydroxyl groups is 6. The molecule has 0 aliphatic heterocycles. The first-order chi connectivity index (χ1) is 15.3. The minimum Gasteiger partial charge on any atom is -0.393 e. The Bertz CT molecular complexity index is 755. The van der Waals surface area contributed by atoms with E-state index in [9.17, 15) is 30.6 Å². The molecule has 0 amide bonds. The van der Waals surface area contributed by atoms with E-state index in [-0.39, 0.29) is 41.4 Å². The van der Waals surface area contributed by atoms with Crippen molar-refractivity contribution in [2.24, 2.45) is 46.3 Å². The normalized spacial score (nSPS) is 54.9. The summed E-state index contributed by atoms with van der Waals surface area (Å²) in [6.07, 6.45) is 3.94. The van der Waals surface area contributed by atoms with Crippen molar-refractivity contribution in [3.8, 4) is 0 Å². The highest BCUT2D eigenvalue weighted by molar-refractivity contribution is 5.21. The van der Waals surface area contributed by atoms with Gasteiger partial charge in [-0.15, -0.1) is 0 Å². The third-order valence-electron chi connectivity index (χ3n) is 10.9. The van der Waals surface area contributed by atoms with Crippen LogP contribution in [0.2, 0.25) is 0 Å². The molecule has 4 saturated carbocycles. The topological polar surface area (TPSA) is 121 Å². The smallest absolute Gasteiger partial charge is 0.0857 e. The molecule has 0 aromatic rings. The van der Waals surface area contributed by atoms with E-state index >= 15 is 0 Å². The van der Waals surface area contributed by atoms with Crippen molar-refractivity contribution < 1.29 is 30.6 Å². The maximum atomic E-state index is 12.3. The molecule has 190 valence electrons. The fourth-order valence-corrected chi connectivity index (χ4v) is 9.09. The fraction of sp³-hybridized carbons (Fsp3) is 0.926. The molecule has 14 atom stereocenters. The standard InChI is InChI=1S/C27H46O6/c1-14(16(3)28)6-7-15(2)17-12-19(30)24-25(17,4)11-9-21-26(5)10-8-18(29)23(32)22(26)20(31)13-27(21,24)33/h6-7,14-24,28-33H,8-13H2,1-5H3/b7-6+/t14?,15-,16-,17-,18+,19-,20+,21-,22?,23+,24?,25-,26-,27+/m1/s1. The summed E-state index contributed by atoms with van der Waals surface area (Å²) in [5.74, 6) is -0.487. The van der Waals surface area contributed by atoms with Crippen LogP contribution in [-0.2, 0) is 0 Å². The Balaban J connectivity index is 1.65. The van der Waals surface area contributed by atoms with E-state index in [1.807, 2.05) is 6.92 Å². The minimum atomic E-state index is -1.20. The van der Waals surface area contributed by atoms with Crippen LogP contribution in [-0.4, -0.2) is 66.8 Å². The molecule has 4 aliphatic carbocycles. The average Bonchev–Trinajstić information content (AvgIpc) is 3.00. The Morgan fingerprint density at radius 2 is 1.48 bits per heavy atom. The van der Waals surface area contributed by atoms with Gasteiger partial charge in [0.15, 0.2) is 0 Å². The van der Waals surface area contributed by atoms with Crippen LogP contribution in [0.15, 0.2) is 12.2 Å². The Labute approximate surface area is 198 Å². The Morgan fingerprint density at radius 1 is 0.848 bits per heavy atom. The molecule has 0 aromatic carbocycles. The number of hydrogen-bond donors (Lipinski definition) is 6. The number of fused-ring (bicyclic) bond motifs is 5. The zero-order chi connectivity index (χ0) is 24.5. The molecule has 0 bridgehead atoms. The number of aliphatic hydroxyl groups excluding tert-OH is 5. The first-order valence-electron chi connectivity index (χ1n) is 13.1. The van der Waals surface area contributed by atoms with Crippen molar-refractivity contribution >= 4 is 0 Å². The van der Waals surface area contributed by atoms with Gasteiger partial charge in [-0.1, -0.05) is 39.8 Å². The zero-order valence-electron chi connectivity index (χ0n) is 20.9.